The molecule has 0 amide bonds. The summed E-state index contributed by atoms with van der Waals surface area (Å²) in [5.74, 6) is -0.903. The minimum absolute atomic E-state index is 0.0841. The molecule has 0 bridgehead atoms. The van der Waals surface area contributed by atoms with Crippen LogP contribution in [0.3, 0.4) is 0 Å². The van der Waals surface area contributed by atoms with Gasteiger partial charge in [-0.1, -0.05) is 248 Å². The molecule has 0 aromatic carbocycles. The molecule has 0 saturated carbocycles. The lowest BCUT2D eigenvalue weighted by atomic mass is 10.0. The van der Waals surface area contributed by atoms with E-state index < -0.39 is 6.10 Å². The van der Waals surface area contributed by atoms with Crippen molar-refractivity contribution < 1.29 is 28.6 Å². The number of esters is 3. The summed E-state index contributed by atoms with van der Waals surface area (Å²) in [6, 6.07) is 0. The van der Waals surface area contributed by atoms with Crippen molar-refractivity contribution >= 4 is 17.9 Å². The SMILES string of the molecule is CC/C=C\C/C=C\C/C=C\C/C=C\CCCCCCC(=O)OCC(COC(=O)CCCCCCC/C=C\CCCCCCCC)OC(=O)CCCCCCCCCCCCCCCCCCC. The summed E-state index contributed by atoms with van der Waals surface area (Å²) in [5, 5.41) is 0. The van der Waals surface area contributed by atoms with Crippen LogP contribution in [0.4, 0.5) is 0 Å². The monoisotopic (exact) mass is 937 g/mol. The maximum atomic E-state index is 12.9. The maximum absolute atomic E-state index is 12.9. The largest absolute Gasteiger partial charge is 0.462 e. The fourth-order valence-corrected chi connectivity index (χ4v) is 8.19. The van der Waals surface area contributed by atoms with Gasteiger partial charge in [-0.3, -0.25) is 14.4 Å². The van der Waals surface area contributed by atoms with Gasteiger partial charge in [0.25, 0.3) is 0 Å². The van der Waals surface area contributed by atoms with E-state index in [4.69, 9.17) is 14.2 Å². The van der Waals surface area contributed by atoms with Gasteiger partial charge in [-0.25, -0.2) is 0 Å². The molecule has 0 N–H and O–H groups in total. The van der Waals surface area contributed by atoms with Crippen LogP contribution in [0.5, 0.6) is 0 Å². The van der Waals surface area contributed by atoms with Gasteiger partial charge in [-0.15, -0.1) is 0 Å². The van der Waals surface area contributed by atoms with Crippen molar-refractivity contribution in [3.8, 4) is 0 Å². The summed E-state index contributed by atoms with van der Waals surface area (Å²) in [6.07, 6.45) is 69.2. The van der Waals surface area contributed by atoms with Crippen molar-refractivity contribution in [1.82, 2.24) is 0 Å². The molecular weight excluding hydrogens is 829 g/mol. The molecule has 0 rings (SSSR count). The van der Waals surface area contributed by atoms with Gasteiger partial charge in [0.2, 0.25) is 0 Å². The molecule has 1 atom stereocenters. The van der Waals surface area contributed by atoms with Gasteiger partial charge in [-0.05, 0) is 83.5 Å². The average Bonchev–Trinajstić information content (AvgIpc) is 3.33. The Hall–Kier alpha value is -2.89. The highest BCUT2D eigenvalue weighted by atomic mass is 16.6. The van der Waals surface area contributed by atoms with Gasteiger partial charge in [-0.2, -0.15) is 0 Å². The van der Waals surface area contributed by atoms with E-state index in [0.29, 0.717) is 19.3 Å². The summed E-state index contributed by atoms with van der Waals surface area (Å²) in [5.41, 5.74) is 0. The topological polar surface area (TPSA) is 78.9 Å². The first-order chi connectivity index (χ1) is 33.0. The highest BCUT2D eigenvalue weighted by Crippen LogP contribution is 2.16. The van der Waals surface area contributed by atoms with Crippen LogP contribution in [0.1, 0.15) is 290 Å². The van der Waals surface area contributed by atoms with Crippen molar-refractivity contribution in [2.24, 2.45) is 0 Å². The second kappa shape index (κ2) is 55.7. The molecule has 0 aromatic rings. The molecule has 67 heavy (non-hydrogen) atoms. The zero-order valence-corrected chi connectivity index (χ0v) is 44.4. The van der Waals surface area contributed by atoms with E-state index in [-0.39, 0.29) is 31.1 Å². The maximum Gasteiger partial charge on any atom is 0.306 e. The molecule has 0 heterocycles. The Morgan fingerprint density at radius 2 is 0.582 bits per heavy atom. The predicted octanol–water partition coefficient (Wildman–Crippen LogP) is 19.2. The third-order valence-corrected chi connectivity index (χ3v) is 12.5. The number of unbranched alkanes of at least 4 members (excludes halogenated alkanes) is 31. The molecule has 0 aliphatic carbocycles. The Morgan fingerprint density at radius 1 is 0.313 bits per heavy atom. The number of hydrogen-bond donors (Lipinski definition) is 0. The molecule has 0 saturated heterocycles. The lowest BCUT2D eigenvalue weighted by molar-refractivity contribution is -0.167. The standard InChI is InChI=1S/C61H108O6/c1-4-7-10-13-16-19-22-25-28-30-33-36-39-42-45-48-51-54-60(63)66-57-58(56-65-59(62)53-50-47-44-41-38-35-32-27-24-21-18-15-12-9-6-3)67-61(64)55-52-49-46-43-40-37-34-31-29-26-23-20-17-14-11-8-5-2/h7,10,16,19,25,27-28,32-33,36,58H,4-6,8-9,11-15,17-18,20-24,26,29-31,34-35,37-57H2,1-3H3/b10-7-,19-16-,28-25-,32-27-,36-33-. The van der Waals surface area contributed by atoms with E-state index in [1.807, 2.05) is 0 Å². The Kier molecular flexibility index (Phi) is 53.3. The van der Waals surface area contributed by atoms with Crippen LogP contribution in [-0.2, 0) is 28.6 Å². The van der Waals surface area contributed by atoms with E-state index in [0.717, 1.165) is 103 Å². The van der Waals surface area contributed by atoms with Gasteiger partial charge < -0.3 is 14.2 Å². The molecule has 388 valence electrons. The van der Waals surface area contributed by atoms with E-state index >= 15 is 0 Å². The second-order valence-corrected chi connectivity index (χ2v) is 19.2. The first kappa shape index (κ1) is 64.1. The van der Waals surface area contributed by atoms with Crippen LogP contribution in [0.25, 0.3) is 0 Å². The number of hydrogen-bond acceptors (Lipinski definition) is 6. The number of allylic oxidation sites excluding steroid dienone is 10. The summed E-state index contributed by atoms with van der Waals surface area (Å²) < 4.78 is 16.9. The lowest BCUT2D eigenvalue weighted by Gasteiger charge is -2.18. The van der Waals surface area contributed by atoms with Crippen molar-refractivity contribution in [2.45, 2.75) is 297 Å². The number of carbonyl (C=O) groups is 3. The first-order valence-electron chi connectivity index (χ1n) is 28.8. The fourth-order valence-electron chi connectivity index (χ4n) is 8.19. The molecule has 6 heteroatoms. The van der Waals surface area contributed by atoms with Crippen LogP contribution >= 0.6 is 0 Å². The molecule has 0 fully saturated rings. The zero-order valence-electron chi connectivity index (χ0n) is 44.4. The normalized spacial score (nSPS) is 12.5. The highest BCUT2D eigenvalue weighted by Gasteiger charge is 2.19. The number of ether oxygens (including phenoxy) is 3. The van der Waals surface area contributed by atoms with Gasteiger partial charge in [0.15, 0.2) is 6.10 Å². The fraction of sp³-hybridized carbons (Fsp3) is 0.787. The van der Waals surface area contributed by atoms with Gasteiger partial charge in [0, 0.05) is 19.3 Å². The highest BCUT2D eigenvalue weighted by molar-refractivity contribution is 5.71. The Labute approximate surface area is 415 Å². The smallest absolute Gasteiger partial charge is 0.306 e. The lowest BCUT2D eigenvalue weighted by Crippen LogP contribution is -2.30. The van der Waals surface area contributed by atoms with E-state index in [1.165, 1.54) is 148 Å². The number of carbonyl (C=O) groups excluding carboxylic acids is 3. The van der Waals surface area contributed by atoms with Crippen LogP contribution in [0.15, 0.2) is 60.8 Å². The van der Waals surface area contributed by atoms with Crippen LogP contribution < -0.4 is 0 Å². The Bertz CT molecular complexity index is 1210. The van der Waals surface area contributed by atoms with Crippen molar-refractivity contribution in [3.05, 3.63) is 60.8 Å². The van der Waals surface area contributed by atoms with Crippen molar-refractivity contribution in [2.75, 3.05) is 13.2 Å². The second-order valence-electron chi connectivity index (χ2n) is 19.2. The summed E-state index contributed by atoms with van der Waals surface area (Å²) >= 11 is 0. The van der Waals surface area contributed by atoms with E-state index in [2.05, 4.69) is 81.5 Å². The molecule has 0 spiro atoms. The molecule has 6 nitrogen and oxygen atoms in total. The van der Waals surface area contributed by atoms with Crippen molar-refractivity contribution in [3.63, 3.8) is 0 Å². The quantitative estimate of drug-likeness (QED) is 0.0262. The first-order valence-corrected chi connectivity index (χ1v) is 28.8. The third kappa shape index (κ3) is 53.9. The summed E-state index contributed by atoms with van der Waals surface area (Å²) in [4.78, 5) is 38.1. The molecular formula is C61H108O6. The van der Waals surface area contributed by atoms with Gasteiger partial charge in [0.1, 0.15) is 13.2 Å². The molecule has 1 unspecified atom stereocenters. The minimum atomic E-state index is -0.786. The van der Waals surface area contributed by atoms with Crippen LogP contribution in [0.2, 0.25) is 0 Å². The predicted molar refractivity (Wildman–Crippen MR) is 288 cm³/mol. The van der Waals surface area contributed by atoms with Crippen molar-refractivity contribution in [1.29, 1.82) is 0 Å². The third-order valence-electron chi connectivity index (χ3n) is 12.5. The van der Waals surface area contributed by atoms with Gasteiger partial charge >= 0.3 is 17.9 Å². The average molecular weight is 938 g/mol. The minimum Gasteiger partial charge on any atom is -0.462 e. The molecule has 0 aliphatic heterocycles. The zero-order chi connectivity index (χ0) is 48.6. The van der Waals surface area contributed by atoms with E-state index in [1.54, 1.807) is 0 Å². The Morgan fingerprint density at radius 3 is 0.925 bits per heavy atom. The number of rotatable bonds is 52. The van der Waals surface area contributed by atoms with Crippen LogP contribution in [0, 0.1) is 0 Å². The Balaban J connectivity index is 4.41. The van der Waals surface area contributed by atoms with E-state index in [9.17, 15) is 14.4 Å². The summed E-state index contributed by atoms with van der Waals surface area (Å²) in [6.45, 7) is 6.52. The van der Waals surface area contributed by atoms with Gasteiger partial charge in [0.05, 0.1) is 0 Å². The molecule has 0 aliphatic rings. The molecule has 0 radical (unpaired) electrons. The summed E-state index contributed by atoms with van der Waals surface area (Å²) in [7, 11) is 0. The van der Waals surface area contributed by atoms with Crippen LogP contribution in [-0.4, -0.2) is 37.2 Å². The molecule has 0 aromatic heterocycles.